The van der Waals surface area contributed by atoms with Crippen LogP contribution in [-0.4, -0.2) is 38.3 Å². The summed E-state index contributed by atoms with van der Waals surface area (Å²) in [5.74, 6) is 0.882. The highest BCUT2D eigenvalue weighted by molar-refractivity contribution is 5.38. The summed E-state index contributed by atoms with van der Waals surface area (Å²) in [6.07, 6.45) is 3.72. The quantitative estimate of drug-likeness (QED) is 0.653. The fraction of sp³-hybridized carbons (Fsp3) is 0.467. The lowest BCUT2D eigenvalue weighted by Gasteiger charge is -2.31. The Morgan fingerprint density at radius 1 is 1.21 bits per heavy atom. The van der Waals surface area contributed by atoms with Crippen LogP contribution in [0.3, 0.4) is 0 Å². The molecule has 3 atom stereocenters. The van der Waals surface area contributed by atoms with Gasteiger partial charge in [-0.2, -0.15) is 0 Å². The molecular formula is C15H20O4. The summed E-state index contributed by atoms with van der Waals surface area (Å²) >= 11 is 0. The Bertz CT molecular complexity index is 430. The van der Waals surface area contributed by atoms with Crippen LogP contribution in [0.2, 0.25) is 0 Å². The van der Waals surface area contributed by atoms with Crippen molar-refractivity contribution in [2.45, 2.75) is 24.5 Å². The maximum absolute atomic E-state index is 9.83. The maximum atomic E-state index is 9.83. The first-order chi connectivity index (χ1) is 9.26. The van der Waals surface area contributed by atoms with Gasteiger partial charge in [-0.15, -0.1) is 0 Å². The van der Waals surface area contributed by atoms with Crippen molar-refractivity contribution in [1.82, 2.24) is 0 Å². The lowest BCUT2D eigenvalue weighted by Crippen LogP contribution is -2.29. The predicted molar refractivity (Wildman–Crippen MR) is 72.2 cm³/mol. The van der Waals surface area contributed by atoms with Crippen LogP contribution < -0.4 is 4.74 Å². The third kappa shape index (κ3) is 3.35. The molecule has 0 aliphatic heterocycles. The van der Waals surface area contributed by atoms with Crippen molar-refractivity contribution >= 4 is 0 Å². The standard InChI is InChI=1S/C15H20O4/c1-17-10-19-15-8-7-11(16)9-13(15)12-5-3-4-6-14(12)18-2/h3-8,11,13,15-16H,9-10H2,1-2H3/t11-,13-,15+/m0/s1. The molecule has 4 heteroatoms. The number of ether oxygens (including phenoxy) is 3. The van der Waals surface area contributed by atoms with Crippen molar-refractivity contribution in [3.63, 3.8) is 0 Å². The zero-order chi connectivity index (χ0) is 13.7. The van der Waals surface area contributed by atoms with Crippen molar-refractivity contribution in [3.05, 3.63) is 42.0 Å². The molecular weight excluding hydrogens is 244 g/mol. The molecule has 0 saturated heterocycles. The zero-order valence-corrected chi connectivity index (χ0v) is 11.3. The molecule has 0 fully saturated rings. The molecule has 1 aliphatic rings. The summed E-state index contributed by atoms with van der Waals surface area (Å²) in [6, 6.07) is 7.84. The molecule has 2 rings (SSSR count). The van der Waals surface area contributed by atoms with Crippen molar-refractivity contribution in [2.75, 3.05) is 21.0 Å². The molecule has 0 aromatic heterocycles. The van der Waals surface area contributed by atoms with Crippen molar-refractivity contribution in [2.24, 2.45) is 0 Å². The van der Waals surface area contributed by atoms with Gasteiger partial charge >= 0.3 is 0 Å². The molecule has 1 aromatic rings. The lowest BCUT2D eigenvalue weighted by atomic mass is 9.83. The van der Waals surface area contributed by atoms with Gasteiger partial charge < -0.3 is 19.3 Å². The molecule has 0 saturated carbocycles. The van der Waals surface area contributed by atoms with Gasteiger partial charge in [-0.25, -0.2) is 0 Å². The minimum atomic E-state index is -0.447. The van der Waals surface area contributed by atoms with E-state index >= 15 is 0 Å². The molecule has 0 amide bonds. The summed E-state index contributed by atoms with van der Waals surface area (Å²) in [7, 11) is 3.25. The first kappa shape index (κ1) is 14.1. The van der Waals surface area contributed by atoms with Crippen LogP contribution in [0.25, 0.3) is 0 Å². The number of hydrogen-bond donors (Lipinski definition) is 1. The lowest BCUT2D eigenvalue weighted by molar-refractivity contribution is -0.0691. The van der Waals surface area contributed by atoms with Crippen molar-refractivity contribution < 1.29 is 19.3 Å². The summed E-state index contributed by atoms with van der Waals surface area (Å²) in [4.78, 5) is 0. The third-order valence-corrected chi connectivity index (χ3v) is 3.33. The number of aliphatic hydroxyl groups is 1. The van der Waals surface area contributed by atoms with E-state index in [0.29, 0.717) is 6.42 Å². The minimum absolute atomic E-state index is 0.0614. The number of benzene rings is 1. The van der Waals surface area contributed by atoms with Crippen LogP contribution in [0.1, 0.15) is 17.9 Å². The number of para-hydroxylation sites is 1. The molecule has 104 valence electrons. The van der Waals surface area contributed by atoms with E-state index in [9.17, 15) is 5.11 Å². The average molecular weight is 264 g/mol. The molecule has 0 unspecified atom stereocenters. The van der Waals surface area contributed by atoms with Gasteiger partial charge in [0.1, 0.15) is 12.5 Å². The molecule has 4 nitrogen and oxygen atoms in total. The topological polar surface area (TPSA) is 47.9 Å². The van der Waals surface area contributed by atoms with E-state index in [-0.39, 0.29) is 18.8 Å². The highest BCUT2D eigenvalue weighted by Crippen LogP contribution is 2.36. The summed E-state index contributed by atoms with van der Waals surface area (Å²) in [5, 5.41) is 9.83. The fourth-order valence-electron chi connectivity index (χ4n) is 2.44. The number of aliphatic hydroxyl groups excluding tert-OH is 1. The third-order valence-electron chi connectivity index (χ3n) is 3.33. The maximum Gasteiger partial charge on any atom is 0.147 e. The molecule has 1 aliphatic carbocycles. The summed E-state index contributed by atoms with van der Waals surface area (Å²) in [6.45, 7) is 0.233. The van der Waals surface area contributed by atoms with E-state index < -0.39 is 6.10 Å². The Balaban J connectivity index is 2.25. The van der Waals surface area contributed by atoms with Gasteiger partial charge in [0, 0.05) is 18.6 Å². The Hall–Kier alpha value is -1.36. The number of rotatable bonds is 5. The van der Waals surface area contributed by atoms with E-state index in [1.54, 1.807) is 20.3 Å². The Morgan fingerprint density at radius 2 is 2.00 bits per heavy atom. The van der Waals surface area contributed by atoms with E-state index in [1.165, 1.54) is 0 Å². The molecule has 1 N–H and O–H groups in total. The normalized spacial score (nSPS) is 26.4. The van der Waals surface area contributed by atoms with Gasteiger partial charge in [0.2, 0.25) is 0 Å². The van der Waals surface area contributed by atoms with Gasteiger partial charge in [-0.1, -0.05) is 30.4 Å². The molecule has 1 aromatic carbocycles. The zero-order valence-electron chi connectivity index (χ0n) is 11.3. The van der Waals surface area contributed by atoms with E-state index in [2.05, 4.69) is 0 Å². The minimum Gasteiger partial charge on any atom is -0.496 e. The smallest absolute Gasteiger partial charge is 0.147 e. The molecule has 0 spiro atoms. The molecule has 0 bridgehead atoms. The fourth-order valence-corrected chi connectivity index (χ4v) is 2.44. The molecule has 0 heterocycles. The van der Waals surface area contributed by atoms with Crippen molar-refractivity contribution in [1.29, 1.82) is 0 Å². The van der Waals surface area contributed by atoms with Crippen LogP contribution in [-0.2, 0) is 9.47 Å². The first-order valence-corrected chi connectivity index (χ1v) is 6.36. The highest BCUT2D eigenvalue weighted by atomic mass is 16.7. The van der Waals surface area contributed by atoms with Gasteiger partial charge in [-0.3, -0.25) is 0 Å². The summed E-state index contributed by atoms with van der Waals surface area (Å²) in [5.41, 5.74) is 1.05. The largest absolute Gasteiger partial charge is 0.496 e. The Labute approximate surface area is 113 Å². The van der Waals surface area contributed by atoms with Crippen LogP contribution in [0.5, 0.6) is 5.75 Å². The molecule has 0 radical (unpaired) electrons. The van der Waals surface area contributed by atoms with Crippen LogP contribution in [0.15, 0.2) is 36.4 Å². The van der Waals surface area contributed by atoms with E-state index in [0.717, 1.165) is 11.3 Å². The van der Waals surface area contributed by atoms with E-state index in [1.807, 2.05) is 30.3 Å². The Kier molecular flexibility index (Phi) is 4.96. The van der Waals surface area contributed by atoms with Gasteiger partial charge in [0.15, 0.2) is 0 Å². The number of hydrogen-bond acceptors (Lipinski definition) is 4. The summed E-state index contributed by atoms with van der Waals surface area (Å²) < 4.78 is 16.0. The second kappa shape index (κ2) is 6.70. The first-order valence-electron chi connectivity index (χ1n) is 6.36. The van der Waals surface area contributed by atoms with Crippen molar-refractivity contribution in [3.8, 4) is 5.75 Å². The van der Waals surface area contributed by atoms with Crippen LogP contribution in [0.4, 0.5) is 0 Å². The average Bonchev–Trinajstić information content (AvgIpc) is 2.46. The second-order valence-electron chi connectivity index (χ2n) is 4.57. The molecule has 19 heavy (non-hydrogen) atoms. The second-order valence-corrected chi connectivity index (χ2v) is 4.57. The predicted octanol–water partition coefficient (Wildman–Crippen LogP) is 2.09. The van der Waals surface area contributed by atoms with Gasteiger partial charge in [0.05, 0.1) is 19.3 Å². The van der Waals surface area contributed by atoms with E-state index in [4.69, 9.17) is 14.2 Å². The van der Waals surface area contributed by atoms with Gasteiger partial charge in [-0.05, 0) is 12.5 Å². The monoisotopic (exact) mass is 264 g/mol. The van der Waals surface area contributed by atoms with Crippen LogP contribution in [0, 0.1) is 0 Å². The SMILES string of the molecule is COCO[C@@H]1C=C[C@H](O)C[C@H]1c1ccccc1OC. The van der Waals surface area contributed by atoms with Gasteiger partial charge in [0.25, 0.3) is 0 Å². The number of methoxy groups -OCH3 is 2. The van der Waals surface area contributed by atoms with Crippen LogP contribution >= 0.6 is 0 Å². The highest BCUT2D eigenvalue weighted by Gasteiger charge is 2.29. The Morgan fingerprint density at radius 3 is 2.74 bits per heavy atom.